The van der Waals surface area contributed by atoms with Crippen LogP contribution in [0.1, 0.15) is 292 Å². The largest absolute Gasteiger partial charge is 0.391 e. The first-order chi connectivity index (χ1) is 32.2. The predicted molar refractivity (Wildman–Crippen MR) is 300 cm³/mol. The Balaban J connectivity index is -0.000000444. The van der Waals surface area contributed by atoms with E-state index in [1.54, 1.807) is 51.4 Å². The molecule has 4 heteroatoms. The summed E-state index contributed by atoms with van der Waals surface area (Å²) in [6.45, 7) is 17.9. The molecule has 67 heavy (non-hydrogen) atoms. The number of hydrogen-bond acceptors (Lipinski definition) is 1. The first-order valence-corrected chi connectivity index (χ1v) is 30.9. The van der Waals surface area contributed by atoms with Gasteiger partial charge in [-0.1, -0.05) is 126 Å². The quantitative estimate of drug-likeness (QED) is 0.247. The molecule has 1 nitrogen and oxygen atoms in total. The normalized spacial score (nSPS) is 43.4. The zero-order valence-corrected chi connectivity index (χ0v) is 45.6. The molecule has 9 fully saturated rings. The molecule has 0 amide bonds. The highest BCUT2D eigenvalue weighted by Gasteiger charge is 2.43. The van der Waals surface area contributed by atoms with Crippen molar-refractivity contribution in [3.8, 4) is 0 Å². The summed E-state index contributed by atoms with van der Waals surface area (Å²) in [5.74, 6) is 14.6. The minimum atomic E-state index is -3.95. The Labute approximate surface area is 428 Å². The summed E-state index contributed by atoms with van der Waals surface area (Å²) in [4.78, 5) is 0. The van der Waals surface area contributed by atoms with Crippen molar-refractivity contribution in [3.05, 3.63) is 0 Å². The molecule has 9 saturated carbocycles. The fourth-order valence-electron chi connectivity index (χ4n) is 16.0. The highest BCUT2D eigenvalue weighted by atomic mass is 19.4. The van der Waals surface area contributed by atoms with Gasteiger partial charge in [-0.05, 0) is 249 Å². The lowest BCUT2D eigenvalue weighted by molar-refractivity contribution is -0.185. The van der Waals surface area contributed by atoms with Gasteiger partial charge >= 0.3 is 6.18 Å². The second-order valence-electron chi connectivity index (χ2n) is 27.3. The van der Waals surface area contributed by atoms with E-state index in [1.807, 2.05) is 0 Å². The van der Waals surface area contributed by atoms with Crippen molar-refractivity contribution < 1.29 is 30.7 Å². The van der Waals surface area contributed by atoms with Gasteiger partial charge in [-0.25, -0.2) is 0 Å². The molecule has 0 saturated heterocycles. The molecular formula is C63H131F3O. The Kier molecular flexibility index (Phi) is 24.1. The van der Waals surface area contributed by atoms with Crippen molar-refractivity contribution in [1.82, 2.24) is 0 Å². The number of hydrogen-bond donors (Lipinski definition) is 0. The summed E-state index contributed by atoms with van der Waals surface area (Å²) >= 11 is 0. The average molecular weight is 962 g/mol. The highest BCUT2D eigenvalue weighted by Crippen LogP contribution is 2.47. The van der Waals surface area contributed by atoms with Gasteiger partial charge < -0.3 is 4.74 Å². The van der Waals surface area contributed by atoms with Gasteiger partial charge in [0.25, 0.3) is 0 Å². The Morgan fingerprint density at radius 3 is 0.701 bits per heavy atom. The molecule has 9 aliphatic carbocycles. The third-order valence-electron chi connectivity index (χ3n) is 21.7. The molecule has 9 aliphatic rings. The fourth-order valence-corrected chi connectivity index (χ4v) is 16.0. The van der Waals surface area contributed by atoms with E-state index in [0.717, 1.165) is 108 Å². The Hall–Kier alpha value is -0.250. The number of rotatable bonds is 7. The molecule has 0 heterocycles. The van der Waals surface area contributed by atoms with Gasteiger partial charge in [-0.2, -0.15) is 13.2 Å². The van der Waals surface area contributed by atoms with Gasteiger partial charge in [0.1, 0.15) is 0 Å². The van der Waals surface area contributed by atoms with E-state index in [2.05, 4.69) is 48.5 Å². The van der Waals surface area contributed by atoms with Crippen LogP contribution in [0.25, 0.3) is 0 Å². The van der Waals surface area contributed by atoms with E-state index in [1.165, 1.54) is 154 Å². The molecule has 0 spiro atoms. The molecule has 0 N–H and O–H groups in total. The van der Waals surface area contributed by atoms with Gasteiger partial charge in [0.2, 0.25) is 0 Å². The second-order valence-corrected chi connectivity index (χ2v) is 27.3. The second kappa shape index (κ2) is 28.8. The van der Waals surface area contributed by atoms with Crippen molar-refractivity contribution in [2.24, 2.45) is 101 Å². The zero-order valence-electron chi connectivity index (χ0n) is 45.6. The number of ether oxygens (including phenoxy) is 1. The van der Waals surface area contributed by atoms with Gasteiger partial charge in [0.05, 0.1) is 12.0 Å². The van der Waals surface area contributed by atoms with E-state index in [0.29, 0.717) is 24.9 Å². The SMILES string of the molecule is CC1CCC(C2CCC(C(F)(F)F)CC2)CC1.CC1CCC(C2CCC(C)CC2)CC1.CC1CCC(C2CCC(C)CC2)CC1.CC1CCC(OCC2CCC(C3CCC(C)CC3)CC2)CC1.[HH].[HH].[HH].[HH].[HH].[HH].[HH].[HH].[HH]. The van der Waals surface area contributed by atoms with Crippen molar-refractivity contribution in [2.75, 3.05) is 6.61 Å². The summed E-state index contributed by atoms with van der Waals surface area (Å²) < 4.78 is 44.0. The molecule has 0 unspecified atom stereocenters. The Bertz CT molecular complexity index is 1200. The molecule has 0 aromatic heterocycles. The fraction of sp³-hybridized carbons (Fsp3) is 1.00. The lowest BCUT2D eigenvalue weighted by atomic mass is 9.69. The predicted octanol–water partition coefficient (Wildman–Crippen LogP) is 22.9. The minimum Gasteiger partial charge on any atom is -0.378 e. The van der Waals surface area contributed by atoms with E-state index in [-0.39, 0.29) is 12.8 Å². The van der Waals surface area contributed by atoms with Crippen LogP contribution >= 0.6 is 0 Å². The molecule has 0 atom stereocenters. The lowest BCUT2D eigenvalue weighted by Crippen LogP contribution is -2.31. The minimum absolute atomic E-state index is 0. The monoisotopic (exact) mass is 961 g/mol. The molecule has 0 radical (unpaired) electrons. The van der Waals surface area contributed by atoms with Crippen LogP contribution in [0.5, 0.6) is 0 Å². The van der Waals surface area contributed by atoms with Crippen LogP contribution in [0, 0.1) is 101 Å². The first-order valence-electron chi connectivity index (χ1n) is 30.9. The maximum absolute atomic E-state index is 12.6. The molecule has 0 aromatic rings. The van der Waals surface area contributed by atoms with Crippen LogP contribution in [0.2, 0.25) is 0 Å². The Morgan fingerprint density at radius 1 is 0.284 bits per heavy atom. The summed E-state index contributed by atoms with van der Waals surface area (Å²) in [6.07, 6.45) is 45.8. The van der Waals surface area contributed by atoms with Crippen molar-refractivity contribution >= 4 is 0 Å². The van der Waals surface area contributed by atoms with Crippen LogP contribution in [0.15, 0.2) is 0 Å². The highest BCUT2D eigenvalue weighted by molar-refractivity contribution is 4.85. The molecule has 0 aromatic carbocycles. The summed E-state index contributed by atoms with van der Waals surface area (Å²) in [5, 5.41) is 0. The van der Waals surface area contributed by atoms with E-state index >= 15 is 0 Å². The van der Waals surface area contributed by atoms with Gasteiger partial charge in [0, 0.05) is 19.4 Å². The molecule has 0 bridgehead atoms. The van der Waals surface area contributed by atoms with Crippen LogP contribution in [0.4, 0.5) is 13.2 Å². The third kappa shape index (κ3) is 19.6. The third-order valence-corrected chi connectivity index (χ3v) is 21.7. The van der Waals surface area contributed by atoms with Gasteiger partial charge in [-0.15, -0.1) is 0 Å². The average Bonchev–Trinajstić information content (AvgIpc) is 3.34. The molecule has 0 aliphatic heterocycles. The molecule has 410 valence electrons. The van der Waals surface area contributed by atoms with Crippen LogP contribution in [-0.2, 0) is 4.74 Å². The van der Waals surface area contributed by atoms with E-state index in [9.17, 15) is 13.2 Å². The number of halogens is 3. The lowest BCUT2D eigenvalue weighted by Gasteiger charge is -2.37. The van der Waals surface area contributed by atoms with Crippen molar-refractivity contribution in [1.29, 1.82) is 0 Å². The summed E-state index contributed by atoms with van der Waals surface area (Å²) in [5.41, 5.74) is 0. The van der Waals surface area contributed by atoms with Crippen LogP contribution < -0.4 is 0 Å². The maximum Gasteiger partial charge on any atom is 0.391 e. The molecular weight excluding hydrogens is 830 g/mol. The maximum atomic E-state index is 12.6. The first kappa shape index (κ1) is 56.1. The van der Waals surface area contributed by atoms with Crippen LogP contribution in [-0.4, -0.2) is 18.9 Å². The van der Waals surface area contributed by atoms with E-state index < -0.39 is 12.1 Å². The topological polar surface area (TPSA) is 9.23 Å². The molecule has 9 rings (SSSR count). The summed E-state index contributed by atoms with van der Waals surface area (Å²) in [6, 6.07) is 0. The van der Waals surface area contributed by atoms with Gasteiger partial charge in [0.15, 0.2) is 0 Å². The van der Waals surface area contributed by atoms with Crippen LogP contribution in [0.3, 0.4) is 0 Å². The van der Waals surface area contributed by atoms with Crippen molar-refractivity contribution in [2.45, 2.75) is 292 Å². The Morgan fingerprint density at radius 2 is 0.478 bits per heavy atom. The zero-order chi connectivity index (χ0) is 47.8. The smallest absolute Gasteiger partial charge is 0.378 e. The number of alkyl halides is 3. The van der Waals surface area contributed by atoms with Crippen molar-refractivity contribution in [3.63, 3.8) is 0 Å². The van der Waals surface area contributed by atoms with Gasteiger partial charge in [-0.3, -0.25) is 0 Å². The summed E-state index contributed by atoms with van der Waals surface area (Å²) in [7, 11) is 0. The standard InChI is InChI=1S/C21H38O.C14H23F3.2C14H26.9H2/c1-16-3-9-19(10-4-16)20-11-7-18(8-12-20)15-22-21-13-5-17(2)6-14-21;1-10-2-4-11(5-3-10)12-6-8-13(9-7-12)14(15,16)17;2*1-11-3-7-13(8-4-11)14-9-5-12(2)6-10-14;;;;;;;;;/h16-21H,3-15H2,1-2H3;10-13H,2-9H2,1H3;2*11-14H,3-10H2,1-2H3;9*1H. The van der Waals surface area contributed by atoms with E-state index in [4.69, 9.17) is 4.74 Å².